The van der Waals surface area contributed by atoms with Crippen molar-refractivity contribution in [1.29, 1.82) is 0 Å². The smallest absolute Gasteiger partial charge is 0.248 e. The Morgan fingerprint density at radius 3 is 2.33 bits per heavy atom. The van der Waals surface area contributed by atoms with Gasteiger partial charge in [-0.1, -0.05) is 5.21 Å². The molecular weight excluding hydrogens is 591 g/mol. The van der Waals surface area contributed by atoms with E-state index in [-0.39, 0.29) is 30.1 Å². The summed E-state index contributed by atoms with van der Waals surface area (Å²) in [5.41, 5.74) is -3.52. The molecule has 6 atom stereocenters. The summed E-state index contributed by atoms with van der Waals surface area (Å²) >= 11 is 0.706. The molecule has 4 N–H and O–H groups in total. The zero-order chi connectivity index (χ0) is 30.6. The monoisotopic (exact) mass is 622 g/mol. The van der Waals surface area contributed by atoms with Gasteiger partial charge in [0.25, 0.3) is 0 Å². The second-order valence-electron chi connectivity index (χ2n) is 11.2. The van der Waals surface area contributed by atoms with Crippen LogP contribution < -0.4 is 0 Å². The fourth-order valence-electron chi connectivity index (χ4n) is 5.44. The topological polar surface area (TPSA) is 141 Å². The molecule has 16 heteroatoms. The van der Waals surface area contributed by atoms with Crippen LogP contribution in [0.25, 0.3) is 11.3 Å². The number of ether oxygens (including phenoxy) is 1. The summed E-state index contributed by atoms with van der Waals surface area (Å²) in [7, 11) is 1.55. The van der Waals surface area contributed by atoms with E-state index < -0.39 is 89.4 Å². The summed E-state index contributed by atoms with van der Waals surface area (Å²) in [6.07, 6.45) is -3.95. The van der Waals surface area contributed by atoms with E-state index >= 15 is 0 Å². The van der Waals surface area contributed by atoms with Gasteiger partial charge in [0.2, 0.25) is 11.8 Å². The van der Waals surface area contributed by atoms with Crippen molar-refractivity contribution >= 4 is 17.7 Å². The first-order valence-electron chi connectivity index (χ1n) is 13.5. The standard InChI is InChI=1S/C26H31F5N4O6S/c1-34(13-2-3-13)23(39)22(25(40)4-6-26(30,31)7-5-25)42-24-21(38)19(20(37)17(11-36)41-24)35-10-16(32-33-35)12-8-14(27)18(29)15(28)9-12/h8-10,13,17,19-22,24,36-38,40H,2-7,11H2,1H3/t17-,19+,20+,21-,22-,24+/m1/s1. The van der Waals surface area contributed by atoms with E-state index in [1.165, 1.54) is 4.90 Å². The van der Waals surface area contributed by atoms with Gasteiger partial charge in [0.1, 0.15) is 40.7 Å². The van der Waals surface area contributed by atoms with Gasteiger partial charge in [-0.2, -0.15) is 0 Å². The highest BCUT2D eigenvalue weighted by Crippen LogP contribution is 2.47. The van der Waals surface area contributed by atoms with E-state index in [9.17, 15) is 47.2 Å². The van der Waals surface area contributed by atoms with Gasteiger partial charge in [0.15, 0.2) is 17.5 Å². The lowest BCUT2D eigenvalue weighted by molar-refractivity contribution is -0.179. The van der Waals surface area contributed by atoms with E-state index in [0.717, 1.165) is 23.7 Å². The fraction of sp³-hybridized carbons (Fsp3) is 0.654. The van der Waals surface area contributed by atoms with E-state index in [1.54, 1.807) is 7.05 Å². The lowest BCUT2D eigenvalue weighted by Gasteiger charge is -2.46. The molecule has 1 aromatic carbocycles. The van der Waals surface area contributed by atoms with Crippen LogP contribution in [0, 0.1) is 17.5 Å². The van der Waals surface area contributed by atoms with Gasteiger partial charge in [0, 0.05) is 31.5 Å². The van der Waals surface area contributed by atoms with Crippen LogP contribution in [0.15, 0.2) is 18.3 Å². The van der Waals surface area contributed by atoms with Crippen molar-refractivity contribution in [1.82, 2.24) is 19.9 Å². The Bertz CT molecular complexity index is 1280. The molecule has 1 saturated heterocycles. The summed E-state index contributed by atoms with van der Waals surface area (Å²) in [4.78, 5) is 15.0. The van der Waals surface area contributed by atoms with Gasteiger partial charge < -0.3 is 30.1 Å². The molecule has 3 aliphatic rings. The molecule has 0 bridgehead atoms. The molecule has 42 heavy (non-hydrogen) atoms. The third-order valence-corrected chi connectivity index (χ3v) is 9.79. The molecule has 1 amide bonds. The third kappa shape index (κ3) is 6.01. The molecular formula is C26H31F5N4O6S. The van der Waals surface area contributed by atoms with E-state index in [0.29, 0.717) is 23.9 Å². The van der Waals surface area contributed by atoms with Gasteiger partial charge in [-0.05, 0) is 37.8 Å². The Hall–Kier alpha value is -2.37. The average Bonchev–Trinajstić information content (AvgIpc) is 3.69. The lowest BCUT2D eigenvalue weighted by atomic mass is 9.80. The van der Waals surface area contributed by atoms with Gasteiger partial charge >= 0.3 is 0 Å². The number of aliphatic hydroxyl groups is 4. The largest absolute Gasteiger partial charge is 0.394 e. The minimum absolute atomic E-state index is 0.0686. The molecule has 2 heterocycles. The molecule has 2 aromatic rings. The Balaban J connectivity index is 1.44. The molecule has 0 unspecified atom stereocenters. The van der Waals surface area contributed by atoms with Crippen LogP contribution >= 0.6 is 11.8 Å². The first-order chi connectivity index (χ1) is 19.7. The molecule has 3 fully saturated rings. The van der Waals surface area contributed by atoms with Crippen molar-refractivity contribution in [3.8, 4) is 11.3 Å². The number of alkyl halides is 2. The summed E-state index contributed by atoms with van der Waals surface area (Å²) in [6, 6.07) is -0.0487. The molecule has 10 nitrogen and oxygen atoms in total. The number of amides is 1. The Kier molecular flexibility index (Phi) is 8.59. The van der Waals surface area contributed by atoms with Crippen molar-refractivity contribution in [2.75, 3.05) is 13.7 Å². The number of rotatable bonds is 8. The van der Waals surface area contributed by atoms with E-state index in [2.05, 4.69) is 10.3 Å². The quantitative estimate of drug-likeness (QED) is 0.257. The molecule has 2 aliphatic carbocycles. The number of halogens is 5. The van der Waals surface area contributed by atoms with Crippen LogP contribution in [-0.2, 0) is 9.53 Å². The highest BCUT2D eigenvalue weighted by molar-refractivity contribution is 8.01. The summed E-state index contributed by atoms with van der Waals surface area (Å²) in [5.74, 6) is -8.13. The van der Waals surface area contributed by atoms with Gasteiger partial charge in [-0.25, -0.2) is 26.6 Å². The van der Waals surface area contributed by atoms with Crippen LogP contribution in [0.5, 0.6) is 0 Å². The molecule has 2 saturated carbocycles. The number of thioether (sulfide) groups is 1. The SMILES string of the molecule is CN(C(=O)[C@@H](S[C@@H]1O[C@H](CO)[C@H](O)[C@H](n2cc(-c3cc(F)c(F)c(F)c3)nn2)[C@H]1O)C1(O)CCC(F)(F)CC1)C1CC1. The van der Waals surface area contributed by atoms with Crippen molar-refractivity contribution in [3.63, 3.8) is 0 Å². The van der Waals surface area contributed by atoms with Crippen LogP contribution in [0.4, 0.5) is 22.0 Å². The normalized spacial score (nSPS) is 29.7. The second-order valence-corrected chi connectivity index (χ2v) is 12.4. The maximum absolute atomic E-state index is 14.0. The van der Waals surface area contributed by atoms with Crippen LogP contribution in [0.1, 0.15) is 44.6 Å². The molecule has 0 radical (unpaired) electrons. The number of aliphatic hydroxyl groups excluding tert-OH is 3. The van der Waals surface area contributed by atoms with Crippen LogP contribution in [0.2, 0.25) is 0 Å². The van der Waals surface area contributed by atoms with Crippen LogP contribution in [-0.4, -0.2) is 106 Å². The molecule has 1 aromatic heterocycles. The van der Waals surface area contributed by atoms with Crippen LogP contribution in [0.3, 0.4) is 0 Å². The van der Waals surface area contributed by atoms with Crippen molar-refractivity contribution in [2.45, 2.75) is 91.1 Å². The number of carbonyl (C=O) groups is 1. The number of hydrogen-bond acceptors (Lipinski definition) is 9. The highest BCUT2D eigenvalue weighted by Gasteiger charge is 2.54. The predicted molar refractivity (Wildman–Crippen MR) is 138 cm³/mol. The zero-order valence-corrected chi connectivity index (χ0v) is 23.2. The number of benzene rings is 1. The third-order valence-electron chi connectivity index (χ3n) is 8.22. The van der Waals surface area contributed by atoms with E-state index in [1.807, 2.05) is 0 Å². The average molecular weight is 623 g/mol. The fourth-order valence-corrected chi connectivity index (χ4v) is 7.01. The zero-order valence-electron chi connectivity index (χ0n) is 22.4. The lowest BCUT2D eigenvalue weighted by Crippen LogP contribution is -2.58. The minimum Gasteiger partial charge on any atom is -0.394 e. The van der Waals surface area contributed by atoms with Gasteiger partial charge in [-0.15, -0.1) is 16.9 Å². The first kappa shape index (κ1) is 31.1. The number of hydrogen-bond donors (Lipinski definition) is 4. The first-order valence-corrected chi connectivity index (χ1v) is 14.4. The van der Waals surface area contributed by atoms with E-state index in [4.69, 9.17) is 4.74 Å². The Morgan fingerprint density at radius 2 is 1.76 bits per heavy atom. The highest BCUT2D eigenvalue weighted by atomic mass is 32.2. The number of aromatic nitrogens is 3. The van der Waals surface area contributed by atoms with Crippen molar-refractivity contribution < 1.29 is 51.9 Å². The van der Waals surface area contributed by atoms with Gasteiger partial charge in [0.05, 0.1) is 18.4 Å². The second kappa shape index (κ2) is 11.6. The molecule has 5 rings (SSSR count). The number of nitrogens with zero attached hydrogens (tertiary/aromatic N) is 4. The predicted octanol–water partition coefficient (Wildman–Crippen LogP) is 2.01. The summed E-state index contributed by atoms with van der Waals surface area (Å²) in [5, 5.41) is 50.0. The maximum Gasteiger partial charge on any atom is 0.248 e. The molecule has 232 valence electrons. The Labute approximate surface area is 241 Å². The summed E-state index contributed by atoms with van der Waals surface area (Å²) < 4.78 is 75.7. The van der Waals surface area contributed by atoms with Crippen molar-refractivity contribution in [3.05, 3.63) is 35.8 Å². The molecule has 1 aliphatic heterocycles. The summed E-state index contributed by atoms with van der Waals surface area (Å²) in [6.45, 7) is -0.728. The molecule has 0 spiro atoms. The number of carbonyl (C=O) groups excluding carboxylic acids is 1. The Morgan fingerprint density at radius 1 is 1.14 bits per heavy atom. The van der Waals surface area contributed by atoms with Gasteiger partial charge in [-0.3, -0.25) is 4.79 Å². The minimum atomic E-state index is -2.99. The maximum atomic E-state index is 14.0. The van der Waals surface area contributed by atoms with Crippen molar-refractivity contribution in [2.24, 2.45) is 0 Å².